The summed E-state index contributed by atoms with van der Waals surface area (Å²) in [6, 6.07) is 11.6. The quantitative estimate of drug-likeness (QED) is 0.433. The highest BCUT2D eigenvalue weighted by molar-refractivity contribution is 7.89. The minimum atomic E-state index is -3.59. The van der Waals surface area contributed by atoms with E-state index >= 15 is 0 Å². The van der Waals surface area contributed by atoms with Crippen LogP contribution in [0.3, 0.4) is 0 Å². The summed E-state index contributed by atoms with van der Waals surface area (Å²) in [5.41, 5.74) is 1.25. The van der Waals surface area contributed by atoms with E-state index in [4.69, 9.17) is 9.47 Å². The van der Waals surface area contributed by atoms with E-state index < -0.39 is 15.9 Å². The number of carbonyl (C=O) groups excluding carboxylic acids is 1. The molecule has 1 amide bonds. The molecule has 3 aromatic rings. The van der Waals surface area contributed by atoms with Crippen LogP contribution in [0.4, 0.5) is 0 Å². The van der Waals surface area contributed by atoms with Crippen molar-refractivity contribution in [2.24, 2.45) is 4.99 Å². The molecular formula is C23H29N3O5S2. The van der Waals surface area contributed by atoms with Crippen LogP contribution in [0.1, 0.15) is 30.1 Å². The number of rotatable bonds is 10. The van der Waals surface area contributed by atoms with Gasteiger partial charge in [0.05, 0.1) is 28.8 Å². The molecule has 0 unspecified atom stereocenters. The van der Waals surface area contributed by atoms with Gasteiger partial charge >= 0.3 is 0 Å². The van der Waals surface area contributed by atoms with Crippen LogP contribution in [0.5, 0.6) is 5.75 Å². The number of hydrogen-bond donors (Lipinski definition) is 0. The smallest absolute Gasteiger partial charge is 0.279 e. The molecule has 1 aromatic heterocycles. The zero-order valence-electron chi connectivity index (χ0n) is 19.3. The Labute approximate surface area is 198 Å². The molecule has 8 nitrogen and oxygen atoms in total. The van der Waals surface area contributed by atoms with Crippen LogP contribution < -0.4 is 9.54 Å². The number of hydrogen-bond acceptors (Lipinski definition) is 6. The maximum Gasteiger partial charge on any atom is 0.279 e. The molecule has 0 fully saturated rings. The molecule has 178 valence electrons. The monoisotopic (exact) mass is 491 g/mol. The zero-order valence-corrected chi connectivity index (χ0v) is 20.9. The standard InChI is InChI=1S/C23H29N3O5S2/c1-5-6-13-25(2)33(28,29)19-10-7-17(8-11-19)22(27)24-23-26(14-15-30-3)20-12-9-18(31-4)16-21(20)32-23/h7-12,16H,5-6,13-15H2,1-4H3. The van der Waals surface area contributed by atoms with Crippen molar-refractivity contribution < 1.29 is 22.7 Å². The lowest BCUT2D eigenvalue weighted by molar-refractivity contribution is 0.0997. The van der Waals surface area contributed by atoms with Gasteiger partial charge in [-0.15, -0.1) is 0 Å². The van der Waals surface area contributed by atoms with Crippen LogP contribution in [-0.2, 0) is 21.3 Å². The number of unbranched alkanes of at least 4 members (excludes halogenated alkanes) is 1. The Hall–Kier alpha value is -2.53. The summed E-state index contributed by atoms with van der Waals surface area (Å²) in [4.78, 5) is 17.9. The Morgan fingerprint density at radius 3 is 2.52 bits per heavy atom. The van der Waals surface area contributed by atoms with Gasteiger partial charge in [-0.05, 0) is 48.9 Å². The van der Waals surface area contributed by atoms with Crippen molar-refractivity contribution in [1.82, 2.24) is 8.87 Å². The van der Waals surface area contributed by atoms with Crippen molar-refractivity contribution >= 4 is 37.5 Å². The Morgan fingerprint density at radius 1 is 1.15 bits per heavy atom. The molecule has 2 aromatic carbocycles. The van der Waals surface area contributed by atoms with Crippen LogP contribution >= 0.6 is 11.3 Å². The molecule has 0 aliphatic rings. The lowest BCUT2D eigenvalue weighted by atomic mass is 10.2. The molecule has 0 saturated carbocycles. The van der Waals surface area contributed by atoms with Crippen molar-refractivity contribution in [3.63, 3.8) is 0 Å². The van der Waals surface area contributed by atoms with Crippen molar-refractivity contribution in [3.05, 3.63) is 52.8 Å². The van der Waals surface area contributed by atoms with E-state index in [1.54, 1.807) is 21.3 Å². The summed E-state index contributed by atoms with van der Waals surface area (Å²) >= 11 is 1.38. The number of carbonyl (C=O) groups is 1. The van der Waals surface area contributed by atoms with E-state index in [2.05, 4.69) is 4.99 Å². The third-order valence-corrected chi connectivity index (χ3v) is 8.15. The minimum absolute atomic E-state index is 0.154. The zero-order chi connectivity index (χ0) is 24.0. The fourth-order valence-electron chi connectivity index (χ4n) is 3.27. The van der Waals surface area contributed by atoms with Crippen molar-refractivity contribution in [1.29, 1.82) is 0 Å². The van der Waals surface area contributed by atoms with Gasteiger partial charge in [-0.3, -0.25) is 4.79 Å². The largest absolute Gasteiger partial charge is 0.497 e. The number of ether oxygens (including phenoxy) is 2. The summed E-state index contributed by atoms with van der Waals surface area (Å²) < 4.78 is 40.1. The lowest BCUT2D eigenvalue weighted by Crippen LogP contribution is -2.27. The van der Waals surface area contributed by atoms with Gasteiger partial charge in [0.1, 0.15) is 5.75 Å². The molecule has 0 atom stereocenters. The highest BCUT2D eigenvalue weighted by Gasteiger charge is 2.20. The molecule has 0 saturated heterocycles. The fourth-order valence-corrected chi connectivity index (χ4v) is 5.56. The molecule has 0 N–H and O–H groups in total. The van der Waals surface area contributed by atoms with Crippen molar-refractivity contribution in [2.45, 2.75) is 31.2 Å². The average Bonchev–Trinajstić information content (AvgIpc) is 3.16. The first-order chi connectivity index (χ1) is 15.8. The first-order valence-corrected chi connectivity index (χ1v) is 12.9. The Kier molecular flexibility index (Phi) is 8.41. The fraction of sp³-hybridized carbons (Fsp3) is 0.391. The van der Waals surface area contributed by atoms with Gasteiger partial charge in [0, 0.05) is 32.8 Å². The van der Waals surface area contributed by atoms with E-state index in [1.165, 1.54) is 39.9 Å². The second kappa shape index (κ2) is 11.1. The molecule has 10 heteroatoms. The number of methoxy groups -OCH3 is 2. The molecule has 1 heterocycles. The summed E-state index contributed by atoms with van der Waals surface area (Å²) in [5.74, 6) is 0.282. The number of nitrogens with zero attached hydrogens (tertiary/aromatic N) is 3. The van der Waals surface area contributed by atoms with Gasteiger partial charge < -0.3 is 14.0 Å². The van der Waals surface area contributed by atoms with Crippen LogP contribution in [0.2, 0.25) is 0 Å². The second-order valence-electron chi connectivity index (χ2n) is 7.48. The minimum Gasteiger partial charge on any atom is -0.497 e. The number of benzene rings is 2. The first kappa shape index (κ1) is 25.1. The highest BCUT2D eigenvalue weighted by atomic mass is 32.2. The number of fused-ring (bicyclic) bond motifs is 1. The number of amides is 1. The maximum atomic E-state index is 12.9. The van der Waals surface area contributed by atoms with E-state index in [0.29, 0.717) is 30.1 Å². The molecule has 0 bridgehead atoms. The molecular weight excluding hydrogens is 462 g/mol. The molecule has 0 aliphatic heterocycles. The Morgan fingerprint density at radius 2 is 1.88 bits per heavy atom. The summed E-state index contributed by atoms with van der Waals surface area (Å²) in [6.07, 6.45) is 1.69. The third-order valence-electron chi connectivity index (χ3n) is 5.24. The Bertz CT molecular complexity index is 1280. The SMILES string of the molecule is CCCCN(C)S(=O)(=O)c1ccc(C(=O)N=c2sc3cc(OC)ccc3n2CCOC)cc1. The number of aromatic nitrogens is 1. The summed E-state index contributed by atoms with van der Waals surface area (Å²) in [6.45, 7) is 3.47. The predicted molar refractivity (Wildman–Crippen MR) is 129 cm³/mol. The van der Waals surface area contributed by atoms with Gasteiger partial charge in [-0.2, -0.15) is 4.99 Å². The van der Waals surface area contributed by atoms with E-state index in [1.807, 2.05) is 29.7 Å². The summed E-state index contributed by atoms with van der Waals surface area (Å²) in [5, 5.41) is 0. The van der Waals surface area contributed by atoms with Crippen LogP contribution in [0.25, 0.3) is 10.2 Å². The van der Waals surface area contributed by atoms with Crippen LogP contribution in [0.15, 0.2) is 52.4 Å². The topological polar surface area (TPSA) is 90.2 Å². The normalized spacial score (nSPS) is 12.6. The van der Waals surface area contributed by atoms with Crippen molar-refractivity contribution in [3.8, 4) is 5.75 Å². The van der Waals surface area contributed by atoms with Gasteiger partial charge in [0.2, 0.25) is 10.0 Å². The van der Waals surface area contributed by atoms with Gasteiger partial charge in [0.25, 0.3) is 5.91 Å². The first-order valence-electron chi connectivity index (χ1n) is 10.6. The van der Waals surface area contributed by atoms with Crippen LogP contribution in [0, 0.1) is 0 Å². The molecule has 33 heavy (non-hydrogen) atoms. The Balaban J connectivity index is 1.93. The maximum absolute atomic E-state index is 12.9. The second-order valence-corrected chi connectivity index (χ2v) is 10.5. The average molecular weight is 492 g/mol. The predicted octanol–water partition coefficient (Wildman–Crippen LogP) is 3.52. The third kappa shape index (κ3) is 5.70. The van der Waals surface area contributed by atoms with Crippen LogP contribution in [-0.4, -0.2) is 57.6 Å². The summed E-state index contributed by atoms with van der Waals surface area (Å²) in [7, 11) is 1.20. The van der Waals surface area contributed by atoms with Gasteiger partial charge in [-0.1, -0.05) is 24.7 Å². The lowest BCUT2D eigenvalue weighted by Gasteiger charge is -2.16. The molecule has 0 radical (unpaired) electrons. The molecule has 0 spiro atoms. The van der Waals surface area contributed by atoms with E-state index in [9.17, 15) is 13.2 Å². The van der Waals surface area contributed by atoms with Crippen molar-refractivity contribution in [2.75, 3.05) is 34.4 Å². The molecule has 0 aliphatic carbocycles. The molecule has 3 rings (SSSR count). The highest BCUT2D eigenvalue weighted by Crippen LogP contribution is 2.23. The number of thiazole rings is 1. The van der Waals surface area contributed by atoms with E-state index in [-0.39, 0.29) is 4.90 Å². The van der Waals surface area contributed by atoms with E-state index in [0.717, 1.165) is 28.8 Å². The van der Waals surface area contributed by atoms with Gasteiger partial charge in [0.15, 0.2) is 4.80 Å². The van der Waals surface area contributed by atoms with Gasteiger partial charge in [-0.25, -0.2) is 12.7 Å². The number of sulfonamides is 1.